The van der Waals surface area contributed by atoms with E-state index < -0.39 is 11.1 Å². The quantitative estimate of drug-likeness (QED) is 0.680. The van der Waals surface area contributed by atoms with Crippen LogP contribution in [0.5, 0.6) is 0 Å². The summed E-state index contributed by atoms with van der Waals surface area (Å²) in [4.78, 5) is 7.83. The van der Waals surface area contributed by atoms with E-state index in [1.54, 1.807) is 4.52 Å². The van der Waals surface area contributed by atoms with Gasteiger partial charge in [0, 0.05) is 17.1 Å². The maximum Gasteiger partial charge on any atom is 0.427 e. The Bertz CT molecular complexity index is 824. The molecule has 0 amide bonds. The molecular weight excluding hydrogens is 335 g/mol. The second kappa shape index (κ2) is 5.51. The lowest BCUT2D eigenvalue weighted by Crippen LogP contribution is -2.00. The Morgan fingerprint density at radius 3 is 2.68 bits per heavy atom. The van der Waals surface area contributed by atoms with E-state index in [0.29, 0.717) is 28.2 Å². The Labute approximate surface area is 131 Å². The third kappa shape index (κ3) is 3.07. The van der Waals surface area contributed by atoms with E-state index in [9.17, 15) is 13.2 Å². The average Bonchev–Trinajstić information content (AvgIpc) is 3.01. The Hall–Kier alpha value is -1.68. The molecule has 0 aliphatic carbocycles. The van der Waals surface area contributed by atoms with Crippen LogP contribution in [-0.4, -0.2) is 24.0 Å². The van der Waals surface area contributed by atoms with Crippen LogP contribution in [0.15, 0.2) is 17.3 Å². The van der Waals surface area contributed by atoms with Crippen LogP contribution in [0.2, 0.25) is 0 Å². The molecule has 0 saturated heterocycles. The summed E-state index contributed by atoms with van der Waals surface area (Å²) in [5.41, 5.74) is 2.10. The molecule has 3 rings (SSSR count). The van der Waals surface area contributed by atoms with Crippen molar-refractivity contribution in [2.24, 2.45) is 0 Å². The van der Waals surface area contributed by atoms with Crippen molar-refractivity contribution in [3.63, 3.8) is 0 Å². The molecule has 22 heavy (non-hydrogen) atoms. The fourth-order valence-corrected chi connectivity index (χ4v) is 3.28. The Balaban J connectivity index is 1.77. The van der Waals surface area contributed by atoms with Gasteiger partial charge in [0.2, 0.25) is 5.16 Å². The number of halogens is 3. The highest BCUT2D eigenvalue weighted by Gasteiger charge is 2.33. The molecule has 0 aliphatic rings. The molecule has 3 aromatic rings. The number of hydrogen-bond acceptors (Lipinski definition) is 6. The highest BCUT2D eigenvalue weighted by molar-refractivity contribution is 7.98. The summed E-state index contributed by atoms with van der Waals surface area (Å²) in [5, 5.41) is 4.74. The number of rotatable bonds is 3. The number of fused-ring (bicyclic) bond motifs is 1. The number of nitrogens with zero attached hydrogens (tertiary/aromatic N) is 5. The molecule has 0 fully saturated rings. The van der Waals surface area contributed by atoms with Crippen molar-refractivity contribution in [2.45, 2.75) is 30.9 Å². The van der Waals surface area contributed by atoms with Crippen molar-refractivity contribution >= 4 is 29.1 Å². The zero-order valence-electron chi connectivity index (χ0n) is 11.5. The largest absolute Gasteiger partial charge is 0.427 e. The minimum absolute atomic E-state index is 0.279. The summed E-state index contributed by atoms with van der Waals surface area (Å²) in [7, 11) is 0. The molecular formula is C12H10F3N5S2. The summed E-state index contributed by atoms with van der Waals surface area (Å²) < 4.78 is 43.0. The summed E-state index contributed by atoms with van der Waals surface area (Å²) in [6, 6.07) is 2.94. The van der Waals surface area contributed by atoms with Crippen molar-refractivity contribution in [1.82, 2.24) is 24.0 Å². The zero-order chi connectivity index (χ0) is 15.9. The first-order chi connectivity index (χ1) is 10.3. The van der Waals surface area contributed by atoms with E-state index >= 15 is 0 Å². The van der Waals surface area contributed by atoms with Crippen molar-refractivity contribution in [2.75, 3.05) is 0 Å². The van der Waals surface area contributed by atoms with E-state index in [0.717, 1.165) is 17.5 Å². The standard InChI is InChI=1S/C12H10F3N5S2/c1-6-3-7(2)20-10(16-6)17-11(18-20)21-5-8-4-9(22-19-8)12(13,14)15/h3-4H,5H2,1-2H3. The molecule has 116 valence electrons. The topological polar surface area (TPSA) is 56.0 Å². The van der Waals surface area contributed by atoms with Gasteiger partial charge in [0.15, 0.2) is 0 Å². The second-order valence-corrected chi connectivity index (χ2v) is 6.36. The molecule has 10 heteroatoms. The van der Waals surface area contributed by atoms with Gasteiger partial charge in [0.25, 0.3) is 5.78 Å². The lowest BCUT2D eigenvalue weighted by Gasteiger charge is -1.99. The normalized spacial score (nSPS) is 12.2. The minimum Gasteiger partial charge on any atom is -0.216 e. The molecule has 0 atom stereocenters. The van der Waals surface area contributed by atoms with E-state index in [1.165, 1.54) is 11.8 Å². The lowest BCUT2D eigenvalue weighted by atomic mass is 10.4. The highest BCUT2D eigenvalue weighted by Crippen LogP contribution is 2.33. The number of alkyl halides is 3. The lowest BCUT2D eigenvalue weighted by molar-refractivity contribution is -0.134. The minimum atomic E-state index is -4.35. The summed E-state index contributed by atoms with van der Waals surface area (Å²) >= 11 is 1.69. The van der Waals surface area contributed by atoms with Gasteiger partial charge in [-0.15, -0.1) is 5.10 Å². The van der Waals surface area contributed by atoms with Gasteiger partial charge in [-0.25, -0.2) is 9.50 Å². The number of aromatic nitrogens is 5. The SMILES string of the molecule is Cc1cc(C)n2nc(SCc3cc(C(F)(F)F)sn3)nc2n1. The first-order valence-electron chi connectivity index (χ1n) is 6.19. The molecule has 0 aromatic carbocycles. The van der Waals surface area contributed by atoms with E-state index in [-0.39, 0.29) is 5.75 Å². The van der Waals surface area contributed by atoms with Crippen LogP contribution in [0.4, 0.5) is 13.2 Å². The predicted molar refractivity (Wildman–Crippen MR) is 76.9 cm³/mol. The van der Waals surface area contributed by atoms with Gasteiger partial charge in [-0.3, -0.25) is 0 Å². The highest BCUT2D eigenvalue weighted by atomic mass is 32.2. The molecule has 0 radical (unpaired) electrons. The van der Waals surface area contributed by atoms with E-state index in [2.05, 4.69) is 19.4 Å². The van der Waals surface area contributed by atoms with Gasteiger partial charge in [-0.05, 0) is 37.5 Å². The fraction of sp³-hybridized carbons (Fsp3) is 0.333. The van der Waals surface area contributed by atoms with Crippen LogP contribution in [-0.2, 0) is 11.9 Å². The second-order valence-electron chi connectivity index (χ2n) is 4.61. The van der Waals surface area contributed by atoms with Crippen molar-refractivity contribution < 1.29 is 13.2 Å². The smallest absolute Gasteiger partial charge is 0.216 e. The van der Waals surface area contributed by atoms with Gasteiger partial charge < -0.3 is 0 Å². The molecule has 0 unspecified atom stereocenters. The fourth-order valence-electron chi connectivity index (χ4n) is 1.86. The third-order valence-electron chi connectivity index (χ3n) is 2.79. The molecule has 0 N–H and O–H groups in total. The Morgan fingerprint density at radius 1 is 1.23 bits per heavy atom. The number of aryl methyl sites for hydroxylation is 2. The monoisotopic (exact) mass is 345 g/mol. The first kappa shape index (κ1) is 15.2. The predicted octanol–water partition coefficient (Wildman–Crippen LogP) is 3.51. The van der Waals surface area contributed by atoms with Crippen LogP contribution < -0.4 is 0 Å². The Morgan fingerprint density at radius 2 is 2.00 bits per heavy atom. The summed E-state index contributed by atoms with van der Waals surface area (Å²) in [6.07, 6.45) is -4.35. The summed E-state index contributed by atoms with van der Waals surface area (Å²) in [5.74, 6) is 0.760. The molecule has 0 spiro atoms. The number of hydrogen-bond donors (Lipinski definition) is 0. The molecule has 3 heterocycles. The average molecular weight is 345 g/mol. The van der Waals surface area contributed by atoms with Gasteiger partial charge in [-0.1, -0.05) is 11.8 Å². The van der Waals surface area contributed by atoms with E-state index in [4.69, 9.17) is 0 Å². The molecule has 0 bridgehead atoms. The van der Waals surface area contributed by atoms with Gasteiger partial charge in [0.05, 0.1) is 5.69 Å². The summed E-state index contributed by atoms with van der Waals surface area (Å²) in [6.45, 7) is 3.75. The van der Waals surface area contributed by atoms with Crippen LogP contribution in [0.3, 0.4) is 0 Å². The maximum absolute atomic E-state index is 12.5. The van der Waals surface area contributed by atoms with Crippen molar-refractivity contribution in [3.05, 3.63) is 34.1 Å². The van der Waals surface area contributed by atoms with Gasteiger partial charge in [0.1, 0.15) is 4.88 Å². The van der Waals surface area contributed by atoms with E-state index in [1.807, 2.05) is 19.9 Å². The molecule has 5 nitrogen and oxygen atoms in total. The van der Waals surface area contributed by atoms with Crippen LogP contribution in [0, 0.1) is 13.8 Å². The Kier molecular flexibility index (Phi) is 3.81. The molecule has 0 saturated carbocycles. The van der Waals surface area contributed by atoms with Crippen LogP contribution in [0.25, 0.3) is 5.78 Å². The van der Waals surface area contributed by atoms with Crippen molar-refractivity contribution in [1.29, 1.82) is 0 Å². The number of thioether (sulfide) groups is 1. The third-order valence-corrected chi connectivity index (χ3v) is 4.53. The van der Waals surface area contributed by atoms with Gasteiger partial charge >= 0.3 is 6.18 Å². The first-order valence-corrected chi connectivity index (χ1v) is 7.95. The molecule has 0 aliphatic heterocycles. The van der Waals surface area contributed by atoms with Crippen LogP contribution >= 0.6 is 23.3 Å². The van der Waals surface area contributed by atoms with Gasteiger partial charge in [-0.2, -0.15) is 22.5 Å². The molecule has 3 aromatic heterocycles. The van der Waals surface area contributed by atoms with Crippen LogP contribution in [0.1, 0.15) is 22.0 Å². The van der Waals surface area contributed by atoms with Crippen molar-refractivity contribution in [3.8, 4) is 0 Å². The zero-order valence-corrected chi connectivity index (χ0v) is 13.2. The maximum atomic E-state index is 12.5.